The highest BCUT2D eigenvalue weighted by molar-refractivity contribution is 4.89. The Bertz CT molecular complexity index is 314. The minimum absolute atomic E-state index is 0.0710. The van der Waals surface area contributed by atoms with Gasteiger partial charge in [-0.25, -0.2) is 0 Å². The molecule has 8 heteroatoms. The first-order chi connectivity index (χ1) is 9.46. The number of halogens is 6. The fourth-order valence-electron chi connectivity index (χ4n) is 2.76. The number of hydrogen-bond donors (Lipinski definition) is 1. The van der Waals surface area contributed by atoms with Crippen molar-refractivity contribution in [3.63, 3.8) is 0 Å². The summed E-state index contributed by atoms with van der Waals surface area (Å²) in [6.07, 6.45) is -14.3. The molecule has 2 nitrogen and oxygen atoms in total. The van der Waals surface area contributed by atoms with Gasteiger partial charge in [0.1, 0.15) is 0 Å². The number of alkyl halides is 6. The number of nitrogens with one attached hydrogen (secondary N) is 1. The second-order valence-corrected chi connectivity index (χ2v) is 5.85. The maximum absolute atomic E-state index is 12.6. The van der Waals surface area contributed by atoms with Gasteiger partial charge in [0.05, 0.1) is 6.10 Å². The third kappa shape index (κ3) is 5.02. The zero-order valence-electron chi connectivity index (χ0n) is 12.2. The third-order valence-corrected chi connectivity index (χ3v) is 4.05. The topological polar surface area (TPSA) is 21.3 Å². The molecule has 0 amide bonds. The summed E-state index contributed by atoms with van der Waals surface area (Å²) in [7, 11) is 1.52. The fraction of sp³-hybridized carbons (Fsp3) is 1.00. The van der Waals surface area contributed by atoms with Crippen molar-refractivity contribution in [1.29, 1.82) is 0 Å². The molecule has 0 heterocycles. The van der Waals surface area contributed by atoms with Crippen molar-refractivity contribution in [3.05, 3.63) is 0 Å². The summed E-state index contributed by atoms with van der Waals surface area (Å²) in [4.78, 5) is 0. The van der Waals surface area contributed by atoms with E-state index in [4.69, 9.17) is 0 Å². The molecule has 0 aromatic carbocycles. The van der Waals surface area contributed by atoms with Gasteiger partial charge in [-0.2, -0.15) is 26.3 Å². The van der Waals surface area contributed by atoms with Gasteiger partial charge >= 0.3 is 12.4 Å². The Morgan fingerprint density at radius 3 is 1.90 bits per heavy atom. The van der Waals surface area contributed by atoms with Crippen LogP contribution in [-0.4, -0.2) is 37.7 Å². The van der Waals surface area contributed by atoms with E-state index in [0.717, 1.165) is 6.42 Å². The van der Waals surface area contributed by atoms with Gasteiger partial charge in [0.25, 0.3) is 0 Å². The predicted molar refractivity (Wildman–Crippen MR) is 65.8 cm³/mol. The van der Waals surface area contributed by atoms with Crippen LogP contribution in [0, 0.1) is 11.8 Å². The molecular weight excluding hydrogens is 300 g/mol. The first kappa shape index (κ1) is 18.5. The van der Waals surface area contributed by atoms with E-state index in [-0.39, 0.29) is 18.3 Å². The molecule has 0 aromatic rings. The van der Waals surface area contributed by atoms with E-state index < -0.39 is 30.6 Å². The highest BCUT2D eigenvalue weighted by Gasteiger charge is 2.59. The normalized spacial score (nSPS) is 28.4. The Morgan fingerprint density at radius 1 is 1.00 bits per heavy atom. The van der Waals surface area contributed by atoms with E-state index in [1.165, 1.54) is 7.05 Å². The minimum atomic E-state index is -5.46. The summed E-state index contributed by atoms with van der Waals surface area (Å²) in [5.74, 6) is 0.269. The summed E-state index contributed by atoms with van der Waals surface area (Å²) >= 11 is 0. The van der Waals surface area contributed by atoms with Crippen LogP contribution in [0.5, 0.6) is 0 Å². The van der Waals surface area contributed by atoms with Gasteiger partial charge in [-0.15, -0.1) is 0 Å². The van der Waals surface area contributed by atoms with Crippen LogP contribution in [0.15, 0.2) is 0 Å². The van der Waals surface area contributed by atoms with E-state index in [1.54, 1.807) is 0 Å². The smallest absolute Gasteiger partial charge is 0.356 e. The number of likely N-dealkylation sites (N-methyl/N-ethyl adjacent to an activating group) is 1. The second-order valence-electron chi connectivity index (χ2n) is 5.85. The average Bonchev–Trinajstić information content (AvgIpc) is 2.32. The molecule has 21 heavy (non-hydrogen) atoms. The molecule has 126 valence electrons. The molecule has 0 aliphatic heterocycles. The Balaban J connectivity index is 2.88. The Morgan fingerprint density at radius 2 is 1.52 bits per heavy atom. The monoisotopic (exact) mass is 321 g/mol. The SMILES string of the molecule is CNC1CCC(C(C)C)CC1OC(C(F)(F)F)C(F)(F)F. The molecule has 0 aromatic heterocycles. The quantitative estimate of drug-likeness (QED) is 0.793. The molecule has 0 radical (unpaired) electrons. The zero-order valence-corrected chi connectivity index (χ0v) is 12.2. The molecule has 3 atom stereocenters. The standard InChI is InChI=1S/C13H21F6NO/c1-7(2)8-4-5-9(20-3)10(6-8)21-11(12(14,15)16)13(17,18)19/h7-11,20H,4-6H2,1-3H3. The van der Waals surface area contributed by atoms with E-state index in [9.17, 15) is 26.3 Å². The van der Waals surface area contributed by atoms with Gasteiger partial charge in [-0.1, -0.05) is 13.8 Å². The molecule has 1 N–H and O–H groups in total. The molecule has 1 aliphatic rings. The maximum atomic E-state index is 12.6. The average molecular weight is 321 g/mol. The summed E-state index contributed by atoms with van der Waals surface area (Å²) in [6, 6.07) is -0.493. The Kier molecular flexibility index (Phi) is 5.94. The largest absolute Gasteiger partial charge is 0.423 e. The highest BCUT2D eigenvalue weighted by atomic mass is 19.4. The molecule has 1 saturated carbocycles. The van der Waals surface area contributed by atoms with Crippen molar-refractivity contribution in [2.75, 3.05) is 7.05 Å². The number of hydrogen-bond acceptors (Lipinski definition) is 2. The maximum Gasteiger partial charge on any atom is 0.423 e. The van der Waals surface area contributed by atoms with E-state index in [0.29, 0.717) is 6.42 Å². The predicted octanol–water partition coefficient (Wildman–Crippen LogP) is 3.91. The van der Waals surface area contributed by atoms with Crippen LogP contribution in [-0.2, 0) is 4.74 Å². The second kappa shape index (κ2) is 6.73. The van der Waals surface area contributed by atoms with Crippen LogP contribution >= 0.6 is 0 Å². The van der Waals surface area contributed by atoms with Crippen LogP contribution in [0.2, 0.25) is 0 Å². The van der Waals surface area contributed by atoms with Gasteiger partial charge < -0.3 is 10.1 Å². The van der Waals surface area contributed by atoms with Crippen molar-refractivity contribution < 1.29 is 31.1 Å². The first-order valence-electron chi connectivity index (χ1n) is 6.93. The molecule has 1 fully saturated rings. The van der Waals surface area contributed by atoms with E-state index in [1.807, 2.05) is 13.8 Å². The zero-order chi connectivity index (χ0) is 16.4. The lowest BCUT2D eigenvalue weighted by Crippen LogP contribution is -2.52. The summed E-state index contributed by atoms with van der Waals surface area (Å²) in [6.45, 7) is 3.82. The van der Waals surface area contributed by atoms with Gasteiger partial charge in [0.15, 0.2) is 0 Å². The van der Waals surface area contributed by atoms with Crippen molar-refractivity contribution in [3.8, 4) is 0 Å². The first-order valence-corrected chi connectivity index (χ1v) is 6.93. The van der Waals surface area contributed by atoms with Crippen LogP contribution < -0.4 is 5.32 Å². The Labute approximate surface area is 120 Å². The lowest BCUT2D eigenvalue weighted by Gasteiger charge is -2.39. The van der Waals surface area contributed by atoms with Gasteiger partial charge in [-0.05, 0) is 38.1 Å². The summed E-state index contributed by atoms with van der Waals surface area (Å²) in [5, 5.41) is 2.76. The molecule has 1 rings (SSSR count). The van der Waals surface area contributed by atoms with Crippen LogP contribution in [0.4, 0.5) is 26.3 Å². The third-order valence-electron chi connectivity index (χ3n) is 4.05. The lowest BCUT2D eigenvalue weighted by molar-refractivity contribution is -0.334. The van der Waals surface area contributed by atoms with Gasteiger partial charge in [-0.3, -0.25) is 0 Å². The minimum Gasteiger partial charge on any atom is -0.356 e. The molecule has 1 aliphatic carbocycles. The van der Waals surface area contributed by atoms with Crippen molar-refractivity contribution in [2.24, 2.45) is 11.8 Å². The van der Waals surface area contributed by atoms with Crippen LogP contribution in [0.25, 0.3) is 0 Å². The molecule has 0 bridgehead atoms. The molecule has 0 spiro atoms. The Hall–Kier alpha value is -0.500. The van der Waals surface area contributed by atoms with Gasteiger partial charge in [0.2, 0.25) is 6.10 Å². The number of rotatable bonds is 4. The van der Waals surface area contributed by atoms with E-state index in [2.05, 4.69) is 10.1 Å². The van der Waals surface area contributed by atoms with Crippen molar-refractivity contribution >= 4 is 0 Å². The summed E-state index contributed by atoms with van der Waals surface area (Å²) < 4.78 is 80.0. The molecule has 0 saturated heterocycles. The van der Waals surface area contributed by atoms with Crippen molar-refractivity contribution in [2.45, 2.75) is 63.7 Å². The van der Waals surface area contributed by atoms with Crippen molar-refractivity contribution in [1.82, 2.24) is 5.32 Å². The molecular formula is C13H21F6NO. The molecule has 3 unspecified atom stereocenters. The van der Waals surface area contributed by atoms with E-state index >= 15 is 0 Å². The van der Waals surface area contributed by atoms with Crippen LogP contribution in [0.3, 0.4) is 0 Å². The van der Waals surface area contributed by atoms with Gasteiger partial charge in [0, 0.05) is 6.04 Å². The summed E-state index contributed by atoms with van der Waals surface area (Å²) in [5.41, 5.74) is 0. The fourth-order valence-corrected chi connectivity index (χ4v) is 2.76. The highest BCUT2D eigenvalue weighted by Crippen LogP contribution is 2.39. The number of ether oxygens (including phenoxy) is 1. The van der Waals surface area contributed by atoms with Crippen LogP contribution in [0.1, 0.15) is 33.1 Å². The lowest BCUT2D eigenvalue weighted by atomic mass is 9.78.